The molecule has 0 fully saturated rings. The molecule has 0 aliphatic heterocycles. The molecular formula is C21H24N4S. The Morgan fingerprint density at radius 2 is 1.85 bits per heavy atom. The van der Waals surface area contributed by atoms with E-state index in [0.717, 1.165) is 34.7 Å². The van der Waals surface area contributed by atoms with Gasteiger partial charge in [-0.15, -0.1) is 11.3 Å². The van der Waals surface area contributed by atoms with E-state index in [9.17, 15) is 0 Å². The zero-order valence-electron chi connectivity index (χ0n) is 15.9. The summed E-state index contributed by atoms with van der Waals surface area (Å²) in [6, 6.07) is 8.22. The molecule has 4 heterocycles. The molecule has 0 aromatic carbocycles. The summed E-state index contributed by atoms with van der Waals surface area (Å²) in [5.41, 5.74) is 7.13. The Hall–Kier alpha value is -2.27. The summed E-state index contributed by atoms with van der Waals surface area (Å²) in [7, 11) is 0. The fourth-order valence-corrected chi connectivity index (χ4v) is 3.96. The summed E-state index contributed by atoms with van der Waals surface area (Å²) in [4.78, 5) is 14.4. The van der Waals surface area contributed by atoms with Crippen LogP contribution in [0, 0.1) is 0 Å². The number of thiazole rings is 1. The van der Waals surface area contributed by atoms with Gasteiger partial charge in [-0.1, -0.05) is 40.7 Å². The number of aromatic nitrogens is 4. The van der Waals surface area contributed by atoms with Gasteiger partial charge in [-0.3, -0.25) is 4.98 Å². The molecule has 4 rings (SSSR count). The molecule has 0 radical (unpaired) electrons. The lowest BCUT2D eigenvalue weighted by Gasteiger charge is -2.24. The number of pyridine rings is 2. The predicted octanol–water partition coefficient (Wildman–Crippen LogP) is 5.16. The van der Waals surface area contributed by atoms with Gasteiger partial charge >= 0.3 is 0 Å². The smallest absolute Gasteiger partial charge is 0.136 e. The van der Waals surface area contributed by atoms with Gasteiger partial charge in [-0.05, 0) is 18.2 Å². The zero-order chi connectivity index (χ0) is 18.5. The molecule has 0 saturated carbocycles. The van der Waals surface area contributed by atoms with Gasteiger partial charge in [0.2, 0.25) is 0 Å². The van der Waals surface area contributed by atoms with E-state index in [0.29, 0.717) is 0 Å². The fourth-order valence-electron chi connectivity index (χ4n) is 3.21. The molecule has 0 bridgehead atoms. The second kappa shape index (κ2) is 5.88. The fraction of sp³-hybridized carbons (Fsp3) is 0.381. The second-order valence-electron chi connectivity index (χ2n) is 8.56. The van der Waals surface area contributed by atoms with Gasteiger partial charge < -0.3 is 4.40 Å². The Morgan fingerprint density at radius 3 is 2.58 bits per heavy atom. The molecule has 5 heteroatoms. The number of imidazole rings is 1. The molecule has 0 atom stereocenters. The van der Waals surface area contributed by atoms with E-state index in [-0.39, 0.29) is 10.8 Å². The normalized spacial score (nSPS) is 13.0. The number of rotatable bonds is 3. The molecule has 0 N–H and O–H groups in total. The van der Waals surface area contributed by atoms with E-state index < -0.39 is 0 Å². The van der Waals surface area contributed by atoms with Crippen molar-refractivity contribution >= 4 is 27.2 Å². The molecule has 134 valence electrons. The average Bonchev–Trinajstić information content (AvgIpc) is 3.20. The first-order valence-corrected chi connectivity index (χ1v) is 9.80. The number of nitrogens with zero attached hydrogens (tertiary/aromatic N) is 4. The Kier molecular flexibility index (Phi) is 3.88. The Morgan fingerprint density at radius 1 is 1.04 bits per heavy atom. The van der Waals surface area contributed by atoms with Crippen LogP contribution in [0.5, 0.6) is 0 Å². The Labute approximate surface area is 158 Å². The van der Waals surface area contributed by atoms with Crippen LogP contribution in [0.15, 0.2) is 42.2 Å². The van der Waals surface area contributed by atoms with Gasteiger partial charge in [-0.25, -0.2) is 9.97 Å². The molecule has 4 aromatic rings. The standard InChI is InChI=1S/C21H24N4S/c1-20(2,3)16-10-14-19(26-13-22-14)15(23-16)11-21(4,5)17-12-25-9-7-6-8-18(25)24-17/h6-10,12-13H,11H2,1-5H3. The molecule has 4 nitrogen and oxygen atoms in total. The maximum absolute atomic E-state index is 5.04. The van der Waals surface area contributed by atoms with Crippen molar-refractivity contribution in [3.8, 4) is 0 Å². The first-order valence-electron chi connectivity index (χ1n) is 8.92. The van der Waals surface area contributed by atoms with Crippen molar-refractivity contribution in [2.24, 2.45) is 0 Å². The van der Waals surface area contributed by atoms with Gasteiger partial charge in [0.25, 0.3) is 0 Å². The van der Waals surface area contributed by atoms with Crippen LogP contribution in [0.2, 0.25) is 0 Å². The van der Waals surface area contributed by atoms with Crippen LogP contribution in [0.1, 0.15) is 51.7 Å². The van der Waals surface area contributed by atoms with E-state index in [1.54, 1.807) is 11.3 Å². The van der Waals surface area contributed by atoms with Crippen LogP contribution in [-0.2, 0) is 17.3 Å². The lowest BCUT2D eigenvalue weighted by Crippen LogP contribution is -2.23. The lowest BCUT2D eigenvalue weighted by molar-refractivity contribution is 0.498. The first-order chi connectivity index (χ1) is 12.2. The first kappa shape index (κ1) is 17.2. The summed E-state index contributed by atoms with van der Waals surface area (Å²) < 4.78 is 3.27. The number of hydrogen-bond acceptors (Lipinski definition) is 4. The van der Waals surface area contributed by atoms with Crippen LogP contribution >= 0.6 is 11.3 Å². The Balaban J connectivity index is 1.79. The molecule has 0 saturated heterocycles. The van der Waals surface area contributed by atoms with Crippen molar-refractivity contribution in [1.29, 1.82) is 0 Å². The molecule has 0 aliphatic carbocycles. The monoisotopic (exact) mass is 364 g/mol. The maximum Gasteiger partial charge on any atom is 0.136 e. The van der Waals surface area contributed by atoms with Crippen molar-refractivity contribution in [2.45, 2.75) is 51.9 Å². The van der Waals surface area contributed by atoms with E-state index in [2.05, 4.69) is 56.3 Å². The largest absolute Gasteiger partial charge is 0.307 e. The number of fused-ring (bicyclic) bond motifs is 2. The van der Waals surface area contributed by atoms with E-state index in [1.165, 1.54) is 4.70 Å². The topological polar surface area (TPSA) is 43.1 Å². The van der Waals surface area contributed by atoms with Gasteiger partial charge in [0.05, 0.1) is 27.1 Å². The highest BCUT2D eigenvalue weighted by atomic mass is 32.1. The summed E-state index contributed by atoms with van der Waals surface area (Å²) in [6.45, 7) is 11.1. The highest BCUT2D eigenvalue weighted by molar-refractivity contribution is 7.16. The van der Waals surface area contributed by atoms with Crippen molar-refractivity contribution < 1.29 is 0 Å². The van der Waals surface area contributed by atoms with Crippen LogP contribution in [0.25, 0.3) is 15.9 Å². The third-order valence-electron chi connectivity index (χ3n) is 4.82. The quantitative estimate of drug-likeness (QED) is 0.504. The minimum absolute atomic E-state index is 0.000210. The highest BCUT2D eigenvalue weighted by Crippen LogP contribution is 2.33. The maximum atomic E-state index is 5.04. The molecular weight excluding hydrogens is 340 g/mol. The second-order valence-corrected chi connectivity index (χ2v) is 9.41. The average molecular weight is 365 g/mol. The summed E-state index contributed by atoms with van der Waals surface area (Å²) >= 11 is 1.67. The third-order valence-corrected chi connectivity index (χ3v) is 5.71. The molecule has 0 spiro atoms. The molecule has 4 aromatic heterocycles. The van der Waals surface area contributed by atoms with Gasteiger partial charge in [0.1, 0.15) is 5.65 Å². The van der Waals surface area contributed by atoms with Crippen molar-refractivity contribution in [3.63, 3.8) is 0 Å². The number of hydrogen-bond donors (Lipinski definition) is 0. The highest BCUT2D eigenvalue weighted by Gasteiger charge is 2.28. The van der Waals surface area contributed by atoms with E-state index >= 15 is 0 Å². The molecule has 0 aliphatic rings. The summed E-state index contributed by atoms with van der Waals surface area (Å²) in [6.07, 6.45) is 5.01. The lowest BCUT2D eigenvalue weighted by atomic mass is 9.84. The van der Waals surface area contributed by atoms with E-state index in [1.807, 2.05) is 29.9 Å². The molecule has 0 amide bonds. The van der Waals surface area contributed by atoms with Gasteiger partial charge in [0.15, 0.2) is 0 Å². The van der Waals surface area contributed by atoms with Gasteiger partial charge in [-0.2, -0.15) is 0 Å². The summed E-state index contributed by atoms with van der Waals surface area (Å²) in [5.74, 6) is 0. The van der Waals surface area contributed by atoms with Crippen molar-refractivity contribution in [1.82, 2.24) is 19.4 Å². The Bertz CT molecular complexity index is 1050. The zero-order valence-corrected chi connectivity index (χ0v) is 16.8. The minimum atomic E-state index is -0.119. The molecule has 0 unspecified atom stereocenters. The molecule has 26 heavy (non-hydrogen) atoms. The minimum Gasteiger partial charge on any atom is -0.307 e. The van der Waals surface area contributed by atoms with Crippen LogP contribution in [0.3, 0.4) is 0 Å². The third kappa shape index (κ3) is 3.01. The van der Waals surface area contributed by atoms with Crippen LogP contribution in [-0.4, -0.2) is 19.4 Å². The predicted molar refractivity (Wildman–Crippen MR) is 108 cm³/mol. The summed E-state index contributed by atoms with van der Waals surface area (Å²) in [5, 5.41) is 0. The SMILES string of the molecule is CC(C)(C)c1cc2ncsc2c(CC(C)(C)c2cn3ccccc3n2)n1. The van der Waals surface area contributed by atoms with Gasteiger partial charge in [0, 0.05) is 35.3 Å². The van der Waals surface area contributed by atoms with Crippen LogP contribution < -0.4 is 0 Å². The van der Waals surface area contributed by atoms with Crippen molar-refractivity contribution in [3.05, 3.63) is 59.3 Å². The van der Waals surface area contributed by atoms with Crippen molar-refractivity contribution in [2.75, 3.05) is 0 Å². The van der Waals surface area contributed by atoms with E-state index in [4.69, 9.17) is 9.97 Å². The van der Waals surface area contributed by atoms with Crippen LogP contribution in [0.4, 0.5) is 0 Å².